The summed E-state index contributed by atoms with van der Waals surface area (Å²) in [6.45, 7) is 9.79. The lowest BCUT2D eigenvalue weighted by Crippen LogP contribution is -2.21. The molecule has 1 aliphatic heterocycles. The highest BCUT2D eigenvalue weighted by molar-refractivity contribution is 5.87. The third-order valence-electron chi connectivity index (χ3n) is 5.21. The standard InChI is InChI=1S/C29H36O4/c1-5-7-8-9-15-20-26-27(33-29(3,4)32-26)21-16-11-14-19-25(6-2)31-28(30)23-22-24-17-12-10-13-18-24/h6,10,12-13,17-18,22-23,25-27H,2,5,7-9,15,20-21H2,1,3-4H3/b23-22+/t25-,26-,27-/m1/s1. The van der Waals surface area contributed by atoms with E-state index in [9.17, 15) is 4.79 Å². The highest BCUT2D eigenvalue weighted by atomic mass is 16.7. The van der Waals surface area contributed by atoms with Gasteiger partial charge >= 0.3 is 5.97 Å². The van der Waals surface area contributed by atoms with Crippen molar-refractivity contribution in [2.75, 3.05) is 0 Å². The normalized spacial score (nSPS) is 19.7. The number of carbonyl (C=O) groups excluding carboxylic acids is 1. The minimum atomic E-state index is -0.715. The molecule has 4 nitrogen and oxygen atoms in total. The van der Waals surface area contributed by atoms with Crippen molar-refractivity contribution in [3.8, 4) is 23.7 Å². The van der Waals surface area contributed by atoms with E-state index in [1.165, 1.54) is 37.8 Å². The van der Waals surface area contributed by atoms with Crippen molar-refractivity contribution in [3.63, 3.8) is 0 Å². The first-order chi connectivity index (χ1) is 15.9. The van der Waals surface area contributed by atoms with Crippen LogP contribution in [0.2, 0.25) is 0 Å². The van der Waals surface area contributed by atoms with Crippen LogP contribution in [-0.2, 0) is 19.0 Å². The molecule has 33 heavy (non-hydrogen) atoms. The highest BCUT2D eigenvalue weighted by Crippen LogP contribution is 2.32. The van der Waals surface area contributed by atoms with Crippen LogP contribution in [0.5, 0.6) is 0 Å². The monoisotopic (exact) mass is 448 g/mol. The molecule has 176 valence electrons. The van der Waals surface area contributed by atoms with Gasteiger partial charge in [0.1, 0.15) is 0 Å². The summed E-state index contributed by atoms with van der Waals surface area (Å²) in [5, 5.41) is 0. The summed E-state index contributed by atoms with van der Waals surface area (Å²) in [5.41, 5.74) is 0.919. The van der Waals surface area contributed by atoms with Gasteiger partial charge in [0.15, 0.2) is 11.9 Å². The maximum Gasteiger partial charge on any atom is 0.332 e. The zero-order valence-corrected chi connectivity index (χ0v) is 20.1. The molecule has 0 amide bonds. The number of ether oxygens (including phenoxy) is 3. The van der Waals surface area contributed by atoms with Crippen molar-refractivity contribution in [2.24, 2.45) is 0 Å². The summed E-state index contributed by atoms with van der Waals surface area (Å²) < 4.78 is 17.4. The highest BCUT2D eigenvalue weighted by Gasteiger charge is 2.40. The Labute approximate surface area is 199 Å². The van der Waals surface area contributed by atoms with E-state index >= 15 is 0 Å². The van der Waals surface area contributed by atoms with Crippen molar-refractivity contribution in [2.45, 2.75) is 89.8 Å². The van der Waals surface area contributed by atoms with E-state index in [2.05, 4.69) is 37.2 Å². The second-order valence-electron chi connectivity index (χ2n) is 8.53. The van der Waals surface area contributed by atoms with Crippen molar-refractivity contribution < 1.29 is 19.0 Å². The van der Waals surface area contributed by atoms with E-state index in [1.807, 2.05) is 44.2 Å². The largest absolute Gasteiger partial charge is 0.442 e. The third kappa shape index (κ3) is 10.6. The predicted octanol–water partition coefficient (Wildman–Crippen LogP) is 6.08. The number of unbranched alkanes of at least 4 members (excludes halogenated alkanes) is 4. The Morgan fingerprint density at radius 3 is 2.58 bits per heavy atom. The topological polar surface area (TPSA) is 44.8 Å². The van der Waals surface area contributed by atoms with Gasteiger partial charge in [-0.15, -0.1) is 0 Å². The molecular weight excluding hydrogens is 412 g/mol. The maximum absolute atomic E-state index is 12.0. The van der Waals surface area contributed by atoms with Gasteiger partial charge in [0.05, 0.1) is 12.2 Å². The minimum absolute atomic E-state index is 0.0576. The summed E-state index contributed by atoms with van der Waals surface area (Å²) in [4.78, 5) is 12.0. The van der Waals surface area contributed by atoms with Crippen LogP contribution in [0.1, 0.15) is 71.3 Å². The van der Waals surface area contributed by atoms with Crippen molar-refractivity contribution in [1.82, 2.24) is 0 Å². The molecule has 1 aliphatic rings. The van der Waals surface area contributed by atoms with Crippen LogP contribution in [0.4, 0.5) is 0 Å². The smallest absolute Gasteiger partial charge is 0.332 e. The van der Waals surface area contributed by atoms with E-state index in [-0.39, 0.29) is 12.2 Å². The average molecular weight is 449 g/mol. The summed E-state index contributed by atoms with van der Waals surface area (Å²) in [6.07, 6.45) is 11.5. The average Bonchev–Trinajstić information content (AvgIpc) is 3.10. The van der Waals surface area contributed by atoms with Gasteiger partial charge in [0.25, 0.3) is 0 Å². The van der Waals surface area contributed by atoms with Crippen LogP contribution in [0.3, 0.4) is 0 Å². The minimum Gasteiger partial charge on any atom is -0.442 e. The molecule has 0 N–H and O–H groups in total. The van der Waals surface area contributed by atoms with Gasteiger partial charge in [-0.2, -0.15) is 0 Å². The molecule has 0 saturated carbocycles. The second-order valence-corrected chi connectivity index (χ2v) is 8.53. The molecule has 2 rings (SSSR count). The van der Waals surface area contributed by atoms with Gasteiger partial charge in [-0.25, -0.2) is 4.79 Å². The van der Waals surface area contributed by atoms with E-state index in [0.717, 1.165) is 18.4 Å². The number of rotatable bonds is 11. The van der Waals surface area contributed by atoms with E-state index in [0.29, 0.717) is 6.42 Å². The Balaban J connectivity index is 1.82. The lowest BCUT2D eigenvalue weighted by molar-refractivity contribution is -0.146. The fourth-order valence-corrected chi connectivity index (χ4v) is 3.61. The molecule has 0 radical (unpaired) electrons. The Morgan fingerprint density at radius 2 is 1.85 bits per heavy atom. The number of benzene rings is 1. The zero-order valence-electron chi connectivity index (χ0n) is 20.1. The molecule has 4 heteroatoms. The van der Waals surface area contributed by atoms with Crippen LogP contribution in [0.25, 0.3) is 6.08 Å². The first kappa shape index (κ1) is 26.5. The van der Waals surface area contributed by atoms with Gasteiger partial charge < -0.3 is 14.2 Å². The van der Waals surface area contributed by atoms with Gasteiger partial charge in [0.2, 0.25) is 0 Å². The Morgan fingerprint density at radius 1 is 1.12 bits per heavy atom. The fourth-order valence-electron chi connectivity index (χ4n) is 3.61. The SMILES string of the molecule is C=C[C@H](C#CC#CC[C@H]1OC(C)(C)O[C@@H]1CCCCCCC)OC(=O)/C=C/c1ccccc1. The fraction of sp³-hybridized carbons (Fsp3) is 0.483. The summed E-state index contributed by atoms with van der Waals surface area (Å²) in [5.74, 6) is 10.4. The quantitative estimate of drug-likeness (QED) is 0.135. The molecule has 3 atom stereocenters. The number of hydrogen-bond donors (Lipinski definition) is 0. The van der Waals surface area contributed by atoms with Gasteiger partial charge in [-0.3, -0.25) is 0 Å². The number of carbonyl (C=O) groups is 1. The summed E-state index contributed by atoms with van der Waals surface area (Å²) in [7, 11) is 0. The second kappa shape index (κ2) is 14.4. The molecule has 1 fully saturated rings. The van der Waals surface area contributed by atoms with Crippen molar-refractivity contribution in [1.29, 1.82) is 0 Å². The first-order valence-electron chi connectivity index (χ1n) is 11.8. The first-order valence-corrected chi connectivity index (χ1v) is 11.8. The molecule has 1 aromatic rings. The maximum atomic E-state index is 12.0. The lowest BCUT2D eigenvalue weighted by atomic mass is 10.0. The number of hydrogen-bond acceptors (Lipinski definition) is 4. The molecule has 1 aromatic carbocycles. The van der Waals surface area contributed by atoms with E-state index < -0.39 is 17.9 Å². The summed E-state index contributed by atoms with van der Waals surface area (Å²) in [6, 6.07) is 9.53. The van der Waals surface area contributed by atoms with E-state index in [1.54, 1.807) is 6.08 Å². The Hall–Kier alpha value is -2.79. The van der Waals surface area contributed by atoms with Gasteiger partial charge in [-0.05, 0) is 55.7 Å². The molecule has 0 bridgehead atoms. The van der Waals surface area contributed by atoms with Crippen LogP contribution >= 0.6 is 0 Å². The number of esters is 1. The Kier molecular flexibility index (Phi) is 11.5. The van der Waals surface area contributed by atoms with Crippen LogP contribution < -0.4 is 0 Å². The molecule has 0 spiro atoms. The molecule has 1 saturated heterocycles. The van der Waals surface area contributed by atoms with Crippen molar-refractivity contribution in [3.05, 3.63) is 54.6 Å². The molecule has 0 aromatic heterocycles. The molecular formula is C29H36O4. The molecule has 0 unspecified atom stereocenters. The van der Waals surface area contributed by atoms with Crippen LogP contribution in [0.15, 0.2) is 49.1 Å². The van der Waals surface area contributed by atoms with Crippen LogP contribution in [-0.4, -0.2) is 30.1 Å². The van der Waals surface area contributed by atoms with E-state index in [4.69, 9.17) is 14.2 Å². The molecule has 0 aliphatic carbocycles. The van der Waals surface area contributed by atoms with Gasteiger partial charge in [0, 0.05) is 12.5 Å². The molecule has 1 heterocycles. The van der Waals surface area contributed by atoms with Gasteiger partial charge in [-0.1, -0.05) is 81.9 Å². The zero-order chi connectivity index (χ0) is 23.9. The lowest BCUT2D eigenvalue weighted by Gasteiger charge is -2.16. The third-order valence-corrected chi connectivity index (χ3v) is 5.21. The van der Waals surface area contributed by atoms with Crippen molar-refractivity contribution >= 4 is 12.0 Å². The van der Waals surface area contributed by atoms with Crippen LogP contribution in [0, 0.1) is 23.7 Å². The predicted molar refractivity (Wildman–Crippen MR) is 133 cm³/mol. The Bertz CT molecular complexity index is 892. The summed E-state index contributed by atoms with van der Waals surface area (Å²) >= 11 is 0.